The predicted octanol–water partition coefficient (Wildman–Crippen LogP) is 4.86. The molecule has 1 aromatic carbocycles. The molecule has 7 heteroatoms. The van der Waals surface area contributed by atoms with Crippen LogP contribution in [0.1, 0.15) is 10.4 Å². The van der Waals surface area contributed by atoms with Gasteiger partial charge in [0.25, 0.3) is 0 Å². The number of ether oxygens (including phenoxy) is 2. The molecule has 0 aliphatic rings. The van der Waals surface area contributed by atoms with Gasteiger partial charge in [0.1, 0.15) is 5.75 Å². The fourth-order valence-electron chi connectivity index (χ4n) is 2.22. The van der Waals surface area contributed by atoms with E-state index in [-0.39, 0.29) is 11.3 Å². The van der Waals surface area contributed by atoms with E-state index in [1.807, 2.05) is 10.8 Å². The minimum atomic E-state index is -1.04. The van der Waals surface area contributed by atoms with Crippen LogP contribution in [0.2, 0.25) is 0 Å². The summed E-state index contributed by atoms with van der Waals surface area (Å²) in [5.74, 6) is 0.261. The second-order valence-corrected chi connectivity index (χ2v) is 5.71. The van der Waals surface area contributed by atoms with Gasteiger partial charge in [0, 0.05) is 11.6 Å². The summed E-state index contributed by atoms with van der Waals surface area (Å²) in [4.78, 5) is 18.8. The molecule has 2 aromatic heterocycles. The van der Waals surface area contributed by atoms with Crippen LogP contribution in [0.5, 0.6) is 17.2 Å². The van der Waals surface area contributed by atoms with Gasteiger partial charge in [-0.25, -0.2) is 9.64 Å². The van der Waals surface area contributed by atoms with Gasteiger partial charge in [0.05, 0.1) is 24.9 Å². The minimum absolute atomic E-state index is 0.118. The average Bonchev–Trinajstić information content (AvgIpc) is 3.15. The summed E-state index contributed by atoms with van der Waals surface area (Å²) in [6.45, 7) is 7.43. The number of carbonyl (C=O) groups is 1. The summed E-state index contributed by atoms with van der Waals surface area (Å²) in [5.41, 5.74) is 1.38. The molecule has 0 aliphatic carbocycles. The van der Waals surface area contributed by atoms with E-state index >= 15 is 0 Å². The number of benzene rings is 1. The molecular formula is C18H12N2O4S. The van der Waals surface area contributed by atoms with E-state index in [1.54, 1.807) is 18.2 Å². The third kappa shape index (κ3) is 3.44. The molecule has 0 aliphatic heterocycles. The maximum absolute atomic E-state index is 11.1. The zero-order valence-corrected chi connectivity index (χ0v) is 13.9. The number of aromatic carboxylic acids is 1. The number of rotatable bonds is 5. The lowest BCUT2D eigenvalue weighted by molar-refractivity contribution is 0.0697. The molecule has 0 amide bonds. The van der Waals surface area contributed by atoms with Crippen molar-refractivity contribution >= 4 is 23.0 Å². The van der Waals surface area contributed by atoms with Gasteiger partial charge < -0.3 is 14.6 Å². The fourth-order valence-corrected chi connectivity index (χ4v) is 2.77. The van der Waals surface area contributed by atoms with Gasteiger partial charge in [-0.1, -0.05) is 0 Å². The molecule has 0 saturated carbocycles. The minimum Gasteiger partial charge on any atom is -0.494 e. The number of nitrogens with zero attached hydrogens (tertiary/aromatic N) is 2. The quantitative estimate of drug-likeness (QED) is 0.664. The van der Waals surface area contributed by atoms with Crippen LogP contribution in [0.25, 0.3) is 16.1 Å². The number of aromatic nitrogens is 1. The SMILES string of the molecule is [C-]#[N+]c1cc(-c2cc(C(=O)O)ccn2)cc(OC)c1Oc1ccsc1. The van der Waals surface area contributed by atoms with Gasteiger partial charge in [0.15, 0.2) is 11.5 Å². The van der Waals surface area contributed by atoms with Crippen LogP contribution < -0.4 is 9.47 Å². The van der Waals surface area contributed by atoms with Gasteiger partial charge in [-0.3, -0.25) is 4.98 Å². The third-order valence-electron chi connectivity index (χ3n) is 3.39. The van der Waals surface area contributed by atoms with E-state index < -0.39 is 5.97 Å². The molecule has 6 nitrogen and oxygen atoms in total. The third-order valence-corrected chi connectivity index (χ3v) is 4.05. The zero-order valence-electron chi connectivity index (χ0n) is 13.1. The molecule has 0 atom stereocenters. The van der Waals surface area contributed by atoms with Crippen LogP contribution in [-0.4, -0.2) is 23.2 Å². The van der Waals surface area contributed by atoms with Crippen LogP contribution in [0.3, 0.4) is 0 Å². The molecule has 25 heavy (non-hydrogen) atoms. The summed E-state index contributed by atoms with van der Waals surface area (Å²) in [5, 5.41) is 12.8. The Bertz CT molecular complexity index is 962. The molecule has 1 N–H and O–H groups in total. The smallest absolute Gasteiger partial charge is 0.335 e. The maximum atomic E-state index is 11.1. The lowest BCUT2D eigenvalue weighted by atomic mass is 10.1. The largest absolute Gasteiger partial charge is 0.494 e. The van der Waals surface area contributed by atoms with E-state index in [9.17, 15) is 4.79 Å². The second-order valence-electron chi connectivity index (χ2n) is 4.93. The zero-order chi connectivity index (χ0) is 17.8. The van der Waals surface area contributed by atoms with Gasteiger partial charge in [-0.15, -0.1) is 11.3 Å². The Labute approximate surface area is 147 Å². The van der Waals surface area contributed by atoms with E-state index in [4.69, 9.17) is 21.2 Å². The first-order chi connectivity index (χ1) is 12.1. The summed E-state index contributed by atoms with van der Waals surface area (Å²) in [7, 11) is 1.48. The molecule has 2 heterocycles. The first-order valence-corrected chi connectivity index (χ1v) is 8.06. The average molecular weight is 352 g/mol. The van der Waals surface area contributed by atoms with Gasteiger partial charge in [-0.2, -0.15) is 0 Å². The second kappa shape index (κ2) is 7.03. The highest BCUT2D eigenvalue weighted by atomic mass is 32.1. The Balaban J connectivity index is 2.09. The Morgan fingerprint density at radius 2 is 2.16 bits per heavy atom. The van der Waals surface area contributed by atoms with Crippen molar-refractivity contribution in [2.75, 3.05) is 7.11 Å². The molecular weight excluding hydrogens is 340 g/mol. The molecule has 0 bridgehead atoms. The number of carboxylic acids is 1. The standard InChI is InChI=1S/C18H12N2O4S/c1-19-15-8-12(14-7-11(18(21)22)3-5-20-14)9-16(23-2)17(15)24-13-4-6-25-10-13/h3-10H,2H3,(H,21,22). The van der Waals surface area contributed by atoms with Gasteiger partial charge >= 0.3 is 5.97 Å². The molecule has 3 aromatic rings. The lowest BCUT2D eigenvalue weighted by Crippen LogP contribution is -1.97. The molecule has 0 saturated heterocycles. The fraction of sp³-hybridized carbons (Fsp3) is 0.0556. The summed E-state index contributed by atoms with van der Waals surface area (Å²) in [6.07, 6.45) is 1.42. The van der Waals surface area contributed by atoms with Crippen molar-refractivity contribution in [1.82, 2.24) is 4.98 Å². The highest BCUT2D eigenvalue weighted by Gasteiger charge is 2.17. The summed E-state index contributed by atoms with van der Waals surface area (Å²) < 4.78 is 11.1. The van der Waals surface area contributed by atoms with Crippen LogP contribution in [0, 0.1) is 6.57 Å². The Morgan fingerprint density at radius 3 is 2.80 bits per heavy atom. The number of carboxylic acid groups (broad SMARTS) is 1. The molecule has 0 unspecified atom stereocenters. The monoisotopic (exact) mass is 352 g/mol. The molecule has 0 spiro atoms. The van der Waals surface area contributed by atoms with Crippen molar-refractivity contribution in [2.24, 2.45) is 0 Å². The molecule has 124 valence electrons. The Morgan fingerprint density at radius 1 is 1.32 bits per heavy atom. The highest BCUT2D eigenvalue weighted by Crippen LogP contribution is 2.44. The molecule has 0 fully saturated rings. The number of methoxy groups -OCH3 is 1. The topological polar surface area (TPSA) is 73.0 Å². The lowest BCUT2D eigenvalue weighted by Gasteiger charge is -2.13. The Hall–Kier alpha value is -3.37. The van der Waals surface area contributed by atoms with Crippen molar-refractivity contribution in [3.8, 4) is 28.5 Å². The Kier molecular flexibility index (Phi) is 4.64. The van der Waals surface area contributed by atoms with E-state index in [0.29, 0.717) is 28.5 Å². The maximum Gasteiger partial charge on any atom is 0.335 e. The van der Waals surface area contributed by atoms with E-state index in [2.05, 4.69) is 9.83 Å². The van der Waals surface area contributed by atoms with Crippen molar-refractivity contribution in [2.45, 2.75) is 0 Å². The van der Waals surface area contributed by atoms with Crippen molar-refractivity contribution < 1.29 is 19.4 Å². The number of hydrogen-bond acceptors (Lipinski definition) is 5. The van der Waals surface area contributed by atoms with Gasteiger partial charge in [0.2, 0.25) is 5.69 Å². The van der Waals surface area contributed by atoms with Crippen molar-refractivity contribution in [3.05, 3.63) is 64.3 Å². The van der Waals surface area contributed by atoms with Crippen molar-refractivity contribution in [1.29, 1.82) is 0 Å². The highest BCUT2D eigenvalue weighted by molar-refractivity contribution is 7.08. The van der Waals surface area contributed by atoms with Gasteiger partial charge in [-0.05, 0) is 41.3 Å². The normalized spacial score (nSPS) is 10.1. The first kappa shape index (κ1) is 16.5. The molecule has 3 rings (SSSR count). The van der Waals surface area contributed by atoms with Crippen LogP contribution >= 0.6 is 11.3 Å². The van der Waals surface area contributed by atoms with Crippen molar-refractivity contribution in [3.63, 3.8) is 0 Å². The number of thiophene rings is 1. The molecule has 0 radical (unpaired) electrons. The predicted molar refractivity (Wildman–Crippen MR) is 93.8 cm³/mol. The number of hydrogen-bond donors (Lipinski definition) is 1. The first-order valence-electron chi connectivity index (χ1n) is 7.11. The summed E-state index contributed by atoms with van der Waals surface area (Å²) in [6, 6.07) is 7.93. The van der Waals surface area contributed by atoms with E-state index in [1.165, 1.54) is 36.8 Å². The summed E-state index contributed by atoms with van der Waals surface area (Å²) >= 11 is 1.48. The number of pyridine rings is 1. The van der Waals surface area contributed by atoms with Crippen LogP contribution in [0.15, 0.2) is 47.3 Å². The van der Waals surface area contributed by atoms with E-state index in [0.717, 1.165) is 0 Å². The van der Waals surface area contributed by atoms with Crippen LogP contribution in [-0.2, 0) is 0 Å². The van der Waals surface area contributed by atoms with Crippen LogP contribution in [0.4, 0.5) is 5.69 Å².